The number of hydrogen-bond donors (Lipinski definition) is 1. The second-order valence-electron chi connectivity index (χ2n) is 4.69. The molecule has 0 aliphatic rings. The van der Waals surface area contributed by atoms with E-state index in [1.807, 2.05) is 19.1 Å². The van der Waals surface area contributed by atoms with Crippen LogP contribution in [0.3, 0.4) is 0 Å². The molecule has 0 saturated heterocycles. The summed E-state index contributed by atoms with van der Waals surface area (Å²) in [5.74, 6) is 1.03. The second-order valence-corrected chi connectivity index (χ2v) is 4.69. The number of phenolic OH excluding ortho intramolecular Hbond substituents is 1. The predicted molar refractivity (Wildman–Crippen MR) is 78.3 cm³/mol. The number of hydrogen-bond acceptors (Lipinski definition) is 3. The first-order valence-electron chi connectivity index (χ1n) is 6.64. The number of rotatable bonds is 5. The molecule has 2 aromatic rings. The summed E-state index contributed by atoms with van der Waals surface area (Å²) in [5, 5.41) is 9.40. The SMILES string of the molecule is CCc1cc(OCc2cccc(O)c2)ccc1C(C)=O. The molecule has 0 bridgehead atoms. The molecule has 20 heavy (non-hydrogen) atoms. The van der Waals surface area contributed by atoms with Crippen LogP contribution in [0.2, 0.25) is 0 Å². The summed E-state index contributed by atoms with van der Waals surface area (Å²) in [4.78, 5) is 11.5. The Labute approximate surface area is 118 Å². The fourth-order valence-corrected chi connectivity index (χ4v) is 2.11. The maximum absolute atomic E-state index is 11.5. The van der Waals surface area contributed by atoms with Crippen molar-refractivity contribution in [1.82, 2.24) is 0 Å². The van der Waals surface area contributed by atoms with E-state index in [9.17, 15) is 9.90 Å². The number of ether oxygens (including phenoxy) is 1. The Morgan fingerprint density at radius 3 is 2.65 bits per heavy atom. The molecule has 0 aliphatic heterocycles. The minimum absolute atomic E-state index is 0.0707. The van der Waals surface area contributed by atoms with Crippen LogP contribution >= 0.6 is 0 Å². The third-order valence-corrected chi connectivity index (χ3v) is 3.15. The normalized spacial score (nSPS) is 10.3. The number of benzene rings is 2. The van der Waals surface area contributed by atoms with E-state index in [2.05, 4.69) is 0 Å². The van der Waals surface area contributed by atoms with Crippen molar-refractivity contribution in [2.75, 3.05) is 0 Å². The highest BCUT2D eigenvalue weighted by Gasteiger charge is 2.07. The summed E-state index contributed by atoms with van der Waals surface area (Å²) >= 11 is 0. The van der Waals surface area contributed by atoms with Crippen molar-refractivity contribution in [2.45, 2.75) is 26.9 Å². The molecule has 0 spiro atoms. The largest absolute Gasteiger partial charge is 0.508 e. The zero-order valence-corrected chi connectivity index (χ0v) is 11.7. The lowest BCUT2D eigenvalue weighted by atomic mass is 10.0. The molecule has 3 heteroatoms. The minimum Gasteiger partial charge on any atom is -0.508 e. The van der Waals surface area contributed by atoms with Gasteiger partial charge in [0.15, 0.2) is 5.78 Å². The Bertz CT molecular complexity index is 617. The lowest BCUT2D eigenvalue weighted by Gasteiger charge is -2.10. The average Bonchev–Trinajstić information content (AvgIpc) is 2.44. The number of carbonyl (C=O) groups is 1. The Morgan fingerprint density at radius 2 is 2.00 bits per heavy atom. The number of Topliss-reactive ketones (excluding diaryl/α,β-unsaturated/α-hetero) is 1. The molecule has 3 nitrogen and oxygen atoms in total. The summed E-state index contributed by atoms with van der Waals surface area (Å²) < 4.78 is 5.70. The van der Waals surface area contributed by atoms with Crippen molar-refractivity contribution >= 4 is 5.78 Å². The zero-order valence-electron chi connectivity index (χ0n) is 11.7. The van der Waals surface area contributed by atoms with E-state index in [1.54, 1.807) is 37.3 Å². The molecule has 104 valence electrons. The van der Waals surface area contributed by atoms with Gasteiger partial charge in [-0.05, 0) is 54.8 Å². The maximum Gasteiger partial charge on any atom is 0.160 e. The van der Waals surface area contributed by atoms with Gasteiger partial charge in [-0.1, -0.05) is 19.1 Å². The molecule has 0 radical (unpaired) electrons. The van der Waals surface area contributed by atoms with Gasteiger partial charge < -0.3 is 9.84 Å². The second kappa shape index (κ2) is 6.24. The molecule has 2 rings (SSSR count). The van der Waals surface area contributed by atoms with E-state index < -0.39 is 0 Å². The monoisotopic (exact) mass is 270 g/mol. The molecule has 0 amide bonds. The Hall–Kier alpha value is -2.29. The van der Waals surface area contributed by atoms with Crippen LogP contribution in [-0.4, -0.2) is 10.9 Å². The van der Waals surface area contributed by atoms with Crippen molar-refractivity contribution < 1.29 is 14.6 Å². The van der Waals surface area contributed by atoms with Gasteiger partial charge in [-0.25, -0.2) is 0 Å². The van der Waals surface area contributed by atoms with Crippen LogP contribution in [0.25, 0.3) is 0 Å². The van der Waals surface area contributed by atoms with Crippen LogP contribution < -0.4 is 4.74 Å². The van der Waals surface area contributed by atoms with E-state index in [4.69, 9.17) is 4.74 Å². The Morgan fingerprint density at radius 1 is 1.20 bits per heavy atom. The zero-order chi connectivity index (χ0) is 14.5. The minimum atomic E-state index is 0.0707. The smallest absolute Gasteiger partial charge is 0.160 e. The van der Waals surface area contributed by atoms with Gasteiger partial charge in [0, 0.05) is 5.56 Å². The highest BCUT2D eigenvalue weighted by Crippen LogP contribution is 2.21. The molecular weight excluding hydrogens is 252 g/mol. The van der Waals surface area contributed by atoms with Crippen LogP contribution in [0, 0.1) is 0 Å². The van der Waals surface area contributed by atoms with Gasteiger partial charge >= 0.3 is 0 Å². The predicted octanol–water partition coefficient (Wildman–Crippen LogP) is 3.74. The summed E-state index contributed by atoms with van der Waals surface area (Å²) in [5.41, 5.74) is 2.64. The van der Waals surface area contributed by atoms with Crippen molar-refractivity contribution in [3.63, 3.8) is 0 Å². The number of phenols is 1. The fraction of sp³-hybridized carbons (Fsp3) is 0.235. The standard InChI is InChI=1S/C17H18O3/c1-3-14-10-16(7-8-17(14)12(2)18)20-11-13-5-4-6-15(19)9-13/h4-10,19H,3,11H2,1-2H3. The Kier molecular flexibility index (Phi) is 4.41. The van der Waals surface area contributed by atoms with Crippen LogP contribution in [-0.2, 0) is 13.0 Å². The number of aryl methyl sites for hydroxylation is 1. The molecule has 2 aromatic carbocycles. The van der Waals surface area contributed by atoms with Crippen LogP contribution in [0.4, 0.5) is 0 Å². The van der Waals surface area contributed by atoms with Crippen LogP contribution in [0.1, 0.15) is 35.3 Å². The third-order valence-electron chi connectivity index (χ3n) is 3.15. The molecule has 0 fully saturated rings. The third kappa shape index (κ3) is 3.38. The summed E-state index contributed by atoms with van der Waals surface area (Å²) in [6.07, 6.45) is 0.790. The molecule has 0 aliphatic carbocycles. The number of carbonyl (C=O) groups excluding carboxylic acids is 1. The highest BCUT2D eigenvalue weighted by molar-refractivity contribution is 5.95. The van der Waals surface area contributed by atoms with Crippen molar-refractivity contribution in [3.8, 4) is 11.5 Å². The lowest BCUT2D eigenvalue weighted by molar-refractivity contribution is 0.101. The highest BCUT2D eigenvalue weighted by atomic mass is 16.5. The molecule has 0 unspecified atom stereocenters. The molecule has 0 saturated carbocycles. The van der Waals surface area contributed by atoms with Gasteiger partial charge in [-0.3, -0.25) is 4.79 Å². The average molecular weight is 270 g/mol. The summed E-state index contributed by atoms with van der Waals surface area (Å²) in [6, 6.07) is 12.5. The Balaban J connectivity index is 2.12. The fourth-order valence-electron chi connectivity index (χ4n) is 2.11. The number of aromatic hydroxyl groups is 1. The van der Waals surface area contributed by atoms with E-state index in [-0.39, 0.29) is 11.5 Å². The van der Waals surface area contributed by atoms with E-state index in [1.165, 1.54) is 0 Å². The maximum atomic E-state index is 11.5. The molecule has 1 N–H and O–H groups in total. The van der Waals surface area contributed by atoms with Crippen LogP contribution in [0.15, 0.2) is 42.5 Å². The molecule has 0 heterocycles. The van der Waals surface area contributed by atoms with E-state index in [0.29, 0.717) is 6.61 Å². The van der Waals surface area contributed by atoms with Gasteiger partial charge in [0.1, 0.15) is 18.1 Å². The molecule has 0 atom stereocenters. The van der Waals surface area contributed by atoms with Gasteiger partial charge in [0.05, 0.1) is 0 Å². The number of ketones is 1. The van der Waals surface area contributed by atoms with Crippen molar-refractivity contribution in [3.05, 3.63) is 59.2 Å². The van der Waals surface area contributed by atoms with E-state index >= 15 is 0 Å². The first kappa shape index (κ1) is 14.1. The van der Waals surface area contributed by atoms with Gasteiger partial charge in [0.2, 0.25) is 0 Å². The summed E-state index contributed by atoms with van der Waals surface area (Å²) in [7, 11) is 0. The van der Waals surface area contributed by atoms with Gasteiger partial charge in [-0.15, -0.1) is 0 Å². The lowest BCUT2D eigenvalue weighted by Crippen LogP contribution is -2.01. The molecule has 0 aromatic heterocycles. The quantitative estimate of drug-likeness (QED) is 0.842. The topological polar surface area (TPSA) is 46.5 Å². The van der Waals surface area contributed by atoms with E-state index in [0.717, 1.165) is 28.9 Å². The molecular formula is C17H18O3. The van der Waals surface area contributed by atoms with Gasteiger partial charge in [-0.2, -0.15) is 0 Å². The van der Waals surface area contributed by atoms with Crippen molar-refractivity contribution in [2.24, 2.45) is 0 Å². The first-order valence-corrected chi connectivity index (χ1v) is 6.64. The van der Waals surface area contributed by atoms with Gasteiger partial charge in [0.25, 0.3) is 0 Å². The summed E-state index contributed by atoms with van der Waals surface area (Å²) in [6.45, 7) is 3.97. The van der Waals surface area contributed by atoms with Crippen molar-refractivity contribution in [1.29, 1.82) is 0 Å². The van der Waals surface area contributed by atoms with Crippen LogP contribution in [0.5, 0.6) is 11.5 Å². The first-order chi connectivity index (χ1) is 9.60.